The maximum Gasteiger partial charge on any atom is 0.251 e. The van der Waals surface area contributed by atoms with Crippen molar-refractivity contribution in [2.45, 2.75) is 33.1 Å². The lowest BCUT2D eigenvalue weighted by atomic mass is 10.00. The van der Waals surface area contributed by atoms with Gasteiger partial charge in [0.2, 0.25) is 0 Å². The summed E-state index contributed by atoms with van der Waals surface area (Å²) >= 11 is 7.91. The number of nitrogens with zero attached hydrogens (tertiary/aromatic N) is 4. The number of rotatable bonds is 7. The number of amides is 1. The summed E-state index contributed by atoms with van der Waals surface area (Å²) in [7, 11) is 0. The van der Waals surface area contributed by atoms with Gasteiger partial charge in [-0.25, -0.2) is 4.98 Å². The van der Waals surface area contributed by atoms with Gasteiger partial charge in [-0.2, -0.15) is 0 Å². The molecule has 0 atom stereocenters. The Labute approximate surface area is 223 Å². The topological polar surface area (TPSA) is 51.7 Å². The van der Waals surface area contributed by atoms with Gasteiger partial charge in [0.1, 0.15) is 0 Å². The summed E-state index contributed by atoms with van der Waals surface area (Å²) in [6.45, 7) is 12.3. The van der Waals surface area contributed by atoms with Crippen LogP contribution in [-0.2, 0) is 0 Å². The first kappa shape index (κ1) is 25.3. The molecule has 8 heteroatoms. The first-order valence-electron chi connectivity index (χ1n) is 13.1. The van der Waals surface area contributed by atoms with E-state index in [1.54, 1.807) is 11.3 Å². The second kappa shape index (κ2) is 11.4. The van der Waals surface area contributed by atoms with Crippen LogP contribution in [0.5, 0.6) is 0 Å². The number of aromatic nitrogens is 1. The highest BCUT2D eigenvalue weighted by Crippen LogP contribution is 2.32. The van der Waals surface area contributed by atoms with Crippen LogP contribution in [0.3, 0.4) is 0 Å². The van der Waals surface area contributed by atoms with Crippen molar-refractivity contribution in [2.24, 2.45) is 5.92 Å². The van der Waals surface area contributed by atoms with Gasteiger partial charge in [0.15, 0.2) is 5.13 Å². The van der Waals surface area contributed by atoms with E-state index < -0.39 is 0 Å². The molecule has 6 nitrogen and oxygen atoms in total. The van der Waals surface area contributed by atoms with Crippen LogP contribution in [0.1, 0.15) is 42.1 Å². The fraction of sp³-hybridized carbons (Fsp3) is 0.500. The molecular weight excluding hydrogens is 490 g/mol. The van der Waals surface area contributed by atoms with E-state index in [-0.39, 0.29) is 5.91 Å². The number of piperazine rings is 1. The summed E-state index contributed by atoms with van der Waals surface area (Å²) in [4.78, 5) is 24.9. The molecular formula is C28H36ClN5OS. The minimum absolute atomic E-state index is 0.0000943. The van der Waals surface area contributed by atoms with Crippen LogP contribution >= 0.6 is 22.9 Å². The number of piperidine rings is 1. The van der Waals surface area contributed by atoms with E-state index in [4.69, 9.17) is 16.6 Å². The number of anilines is 2. The second-order valence-electron chi connectivity index (χ2n) is 10.2. The normalized spacial score (nSPS) is 17.6. The smallest absolute Gasteiger partial charge is 0.251 e. The zero-order valence-corrected chi connectivity index (χ0v) is 22.9. The zero-order chi connectivity index (χ0) is 25.1. The van der Waals surface area contributed by atoms with Crippen molar-refractivity contribution in [1.29, 1.82) is 0 Å². The lowest BCUT2D eigenvalue weighted by Gasteiger charge is -2.37. The molecule has 5 rings (SSSR count). The molecule has 2 aliphatic rings. The van der Waals surface area contributed by atoms with E-state index in [1.165, 1.54) is 24.1 Å². The van der Waals surface area contributed by atoms with Crippen molar-refractivity contribution in [2.75, 3.05) is 62.2 Å². The van der Waals surface area contributed by atoms with Crippen LogP contribution in [0.4, 0.5) is 10.8 Å². The van der Waals surface area contributed by atoms with E-state index in [2.05, 4.69) is 46.0 Å². The van der Waals surface area contributed by atoms with Gasteiger partial charge in [0, 0.05) is 62.1 Å². The summed E-state index contributed by atoms with van der Waals surface area (Å²) in [5, 5.41) is 4.99. The first-order chi connectivity index (χ1) is 17.5. The molecule has 1 N–H and O–H groups in total. The van der Waals surface area contributed by atoms with E-state index in [0.29, 0.717) is 6.54 Å². The number of hydrogen-bond acceptors (Lipinski definition) is 6. The number of benzene rings is 2. The van der Waals surface area contributed by atoms with Crippen LogP contribution in [-0.4, -0.2) is 68.1 Å². The van der Waals surface area contributed by atoms with Crippen LogP contribution < -0.4 is 15.1 Å². The highest BCUT2D eigenvalue weighted by atomic mass is 35.5. The number of thiazole rings is 1. The summed E-state index contributed by atoms with van der Waals surface area (Å²) in [5.41, 5.74) is 4.21. The van der Waals surface area contributed by atoms with Crippen LogP contribution in [0, 0.1) is 12.8 Å². The average molecular weight is 526 g/mol. The van der Waals surface area contributed by atoms with Crippen LogP contribution in [0.15, 0.2) is 36.4 Å². The standard InChI is InChI=1S/C28H36ClN5OS/c1-20-8-12-34(13-9-20)28-31-24-7-5-22(18-26(24)36-28)27(35)30-10-3-11-32-14-16-33(17-15-32)25-19-23(29)6-4-21(25)2/h4-7,18-20H,3,8-17H2,1-2H3,(H,30,35). The molecule has 3 aromatic rings. The quantitative estimate of drug-likeness (QED) is 0.416. The third-order valence-corrected chi connectivity index (χ3v) is 8.83. The number of aryl methyl sites for hydroxylation is 1. The molecule has 0 saturated carbocycles. The number of fused-ring (bicyclic) bond motifs is 1. The molecule has 2 aliphatic heterocycles. The van der Waals surface area contributed by atoms with Crippen molar-refractivity contribution in [3.05, 3.63) is 52.5 Å². The van der Waals surface area contributed by atoms with Crippen molar-refractivity contribution >= 4 is 49.9 Å². The van der Waals surface area contributed by atoms with E-state index in [1.807, 2.05) is 24.3 Å². The Kier molecular flexibility index (Phi) is 7.99. The van der Waals surface area contributed by atoms with Crippen LogP contribution in [0.25, 0.3) is 10.2 Å². The van der Waals surface area contributed by atoms with Gasteiger partial charge in [0.05, 0.1) is 10.2 Å². The molecule has 0 aliphatic carbocycles. The van der Waals surface area contributed by atoms with Gasteiger partial charge in [-0.15, -0.1) is 0 Å². The molecule has 2 fully saturated rings. The lowest BCUT2D eigenvalue weighted by Crippen LogP contribution is -2.47. The molecule has 36 heavy (non-hydrogen) atoms. The Morgan fingerprint density at radius 1 is 1.06 bits per heavy atom. The van der Waals surface area contributed by atoms with E-state index >= 15 is 0 Å². The molecule has 0 bridgehead atoms. The van der Waals surface area contributed by atoms with Crippen molar-refractivity contribution in [3.63, 3.8) is 0 Å². The van der Waals surface area contributed by atoms with Gasteiger partial charge in [0.25, 0.3) is 5.91 Å². The number of hydrogen-bond donors (Lipinski definition) is 1. The second-order valence-corrected chi connectivity index (χ2v) is 11.7. The minimum atomic E-state index is -0.0000943. The maximum absolute atomic E-state index is 12.8. The Morgan fingerprint density at radius 2 is 1.83 bits per heavy atom. The predicted octanol–water partition coefficient (Wildman–Crippen LogP) is 5.44. The van der Waals surface area contributed by atoms with E-state index in [9.17, 15) is 4.79 Å². The molecule has 1 amide bonds. The summed E-state index contributed by atoms with van der Waals surface area (Å²) < 4.78 is 1.09. The molecule has 2 aromatic carbocycles. The highest BCUT2D eigenvalue weighted by molar-refractivity contribution is 7.22. The average Bonchev–Trinajstić information content (AvgIpc) is 3.32. The Hall–Kier alpha value is -2.35. The third kappa shape index (κ3) is 5.96. The molecule has 0 spiro atoms. The molecule has 0 unspecified atom stereocenters. The number of carbonyl (C=O) groups excluding carboxylic acids is 1. The maximum atomic E-state index is 12.8. The summed E-state index contributed by atoms with van der Waals surface area (Å²) in [6, 6.07) is 12.0. The van der Waals surface area contributed by atoms with Crippen LogP contribution in [0.2, 0.25) is 5.02 Å². The van der Waals surface area contributed by atoms with Gasteiger partial charge in [-0.05, 0) is 74.5 Å². The Bertz CT molecular complexity index is 1200. The SMILES string of the molecule is Cc1ccc(Cl)cc1N1CCN(CCCNC(=O)c2ccc3nc(N4CCC(C)CC4)sc3c2)CC1. The molecule has 1 aromatic heterocycles. The lowest BCUT2D eigenvalue weighted by molar-refractivity contribution is 0.0951. The number of carbonyl (C=O) groups is 1. The van der Waals surface area contributed by atoms with Gasteiger partial charge in [-0.1, -0.05) is 35.9 Å². The van der Waals surface area contributed by atoms with Crippen molar-refractivity contribution in [3.8, 4) is 0 Å². The zero-order valence-electron chi connectivity index (χ0n) is 21.3. The highest BCUT2D eigenvalue weighted by Gasteiger charge is 2.20. The molecule has 2 saturated heterocycles. The number of nitrogens with one attached hydrogen (secondary N) is 1. The fourth-order valence-corrected chi connectivity index (χ4v) is 6.35. The van der Waals surface area contributed by atoms with Gasteiger partial charge < -0.3 is 15.1 Å². The fourth-order valence-electron chi connectivity index (χ4n) is 5.13. The Morgan fingerprint density at radius 3 is 2.61 bits per heavy atom. The Balaban J connectivity index is 1.07. The van der Waals surface area contributed by atoms with Gasteiger partial charge >= 0.3 is 0 Å². The largest absolute Gasteiger partial charge is 0.369 e. The summed E-state index contributed by atoms with van der Waals surface area (Å²) in [5.74, 6) is 0.800. The molecule has 0 radical (unpaired) electrons. The molecule has 192 valence electrons. The van der Waals surface area contributed by atoms with Crippen molar-refractivity contribution < 1.29 is 4.79 Å². The third-order valence-electron chi connectivity index (χ3n) is 7.51. The summed E-state index contributed by atoms with van der Waals surface area (Å²) in [6.07, 6.45) is 3.39. The number of halogens is 1. The van der Waals surface area contributed by atoms with Crippen molar-refractivity contribution in [1.82, 2.24) is 15.2 Å². The van der Waals surface area contributed by atoms with E-state index in [0.717, 1.165) is 84.1 Å². The minimum Gasteiger partial charge on any atom is -0.369 e. The predicted molar refractivity (Wildman–Crippen MR) is 152 cm³/mol. The first-order valence-corrected chi connectivity index (χ1v) is 14.3. The monoisotopic (exact) mass is 525 g/mol. The van der Waals surface area contributed by atoms with Gasteiger partial charge in [-0.3, -0.25) is 9.69 Å². The molecule has 3 heterocycles.